The summed E-state index contributed by atoms with van der Waals surface area (Å²) in [7, 11) is 1.60. The number of hydrogen-bond acceptors (Lipinski definition) is 5. The highest BCUT2D eigenvalue weighted by Gasteiger charge is 2.28. The van der Waals surface area contributed by atoms with Crippen molar-refractivity contribution in [2.45, 2.75) is 19.4 Å². The zero-order valence-corrected chi connectivity index (χ0v) is 13.6. The van der Waals surface area contributed by atoms with E-state index in [1.165, 1.54) is 0 Å². The quantitative estimate of drug-likeness (QED) is 0.918. The summed E-state index contributed by atoms with van der Waals surface area (Å²) in [6.45, 7) is 3.97. The van der Waals surface area contributed by atoms with Crippen LogP contribution >= 0.6 is 23.1 Å². The Morgan fingerprint density at radius 3 is 2.86 bits per heavy atom. The minimum absolute atomic E-state index is 0.201. The van der Waals surface area contributed by atoms with Crippen LogP contribution in [0.5, 0.6) is 0 Å². The molecule has 0 aliphatic heterocycles. The summed E-state index contributed by atoms with van der Waals surface area (Å²) in [6.07, 6.45) is 0. The molecule has 0 fully saturated rings. The van der Waals surface area contributed by atoms with Gasteiger partial charge in [0.05, 0.1) is 12.2 Å². The zero-order valence-electron chi connectivity index (χ0n) is 12.0. The van der Waals surface area contributed by atoms with Crippen LogP contribution in [-0.4, -0.2) is 29.1 Å². The van der Waals surface area contributed by atoms with E-state index in [1.807, 2.05) is 25.1 Å². The lowest BCUT2D eigenvalue weighted by Crippen LogP contribution is -2.40. The van der Waals surface area contributed by atoms with Crippen molar-refractivity contribution in [3.8, 4) is 0 Å². The van der Waals surface area contributed by atoms with Crippen molar-refractivity contribution in [2.75, 3.05) is 13.7 Å². The molecule has 0 bridgehead atoms. The van der Waals surface area contributed by atoms with Gasteiger partial charge in [-0.1, -0.05) is 28.2 Å². The van der Waals surface area contributed by atoms with Crippen molar-refractivity contribution < 1.29 is 9.53 Å². The molecule has 0 radical (unpaired) electrons. The molecule has 7 heteroatoms. The van der Waals surface area contributed by atoms with E-state index in [1.54, 1.807) is 20.1 Å². The Balaban J connectivity index is 2.12. The standard InChI is InChI=1S/C14H16ClN3O2S/c1-9-12(21-18-17-9)13(19)16-8-14(2,20-3)10-5-4-6-11(15)7-10/h4-7H,8H2,1-3H3,(H,16,19)/t14-/m0/s1. The van der Waals surface area contributed by atoms with Gasteiger partial charge in [0.15, 0.2) is 0 Å². The highest BCUT2D eigenvalue weighted by molar-refractivity contribution is 7.07. The maximum Gasteiger partial charge on any atom is 0.265 e. The van der Waals surface area contributed by atoms with Crippen molar-refractivity contribution in [1.29, 1.82) is 0 Å². The molecule has 21 heavy (non-hydrogen) atoms. The molecule has 1 heterocycles. The van der Waals surface area contributed by atoms with E-state index in [4.69, 9.17) is 16.3 Å². The highest BCUT2D eigenvalue weighted by atomic mass is 35.5. The zero-order chi connectivity index (χ0) is 15.5. The van der Waals surface area contributed by atoms with Crippen molar-refractivity contribution in [3.05, 3.63) is 45.4 Å². The Hall–Kier alpha value is -1.50. The van der Waals surface area contributed by atoms with Gasteiger partial charge in [0.1, 0.15) is 10.5 Å². The Morgan fingerprint density at radius 1 is 1.52 bits per heavy atom. The van der Waals surface area contributed by atoms with Gasteiger partial charge in [-0.3, -0.25) is 4.79 Å². The van der Waals surface area contributed by atoms with E-state index in [0.29, 0.717) is 22.1 Å². The van der Waals surface area contributed by atoms with Crippen LogP contribution in [0.25, 0.3) is 0 Å². The minimum Gasteiger partial charge on any atom is -0.372 e. The summed E-state index contributed by atoms with van der Waals surface area (Å²) in [5.41, 5.74) is 0.864. The minimum atomic E-state index is -0.660. The summed E-state index contributed by atoms with van der Waals surface area (Å²) in [6, 6.07) is 7.40. The van der Waals surface area contributed by atoms with Crippen molar-refractivity contribution in [1.82, 2.24) is 14.9 Å². The number of aromatic nitrogens is 2. The first-order chi connectivity index (χ1) is 9.96. The molecular formula is C14H16ClN3O2S. The average Bonchev–Trinajstić information content (AvgIpc) is 2.90. The van der Waals surface area contributed by atoms with Crippen LogP contribution in [0.15, 0.2) is 24.3 Å². The number of carbonyl (C=O) groups excluding carboxylic acids is 1. The van der Waals surface area contributed by atoms with E-state index >= 15 is 0 Å². The van der Waals surface area contributed by atoms with Gasteiger partial charge in [0.25, 0.3) is 5.91 Å². The van der Waals surface area contributed by atoms with Crippen LogP contribution < -0.4 is 5.32 Å². The summed E-state index contributed by atoms with van der Waals surface area (Å²) >= 11 is 7.09. The lowest BCUT2D eigenvalue weighted by Gasteiger charge is -2.29. The first kappa shape index (κ1) is 15.9. The maximum absolute atomic E-state index is 12.1. The molecule has 2 rings (SSSR count). The molecule has 1 aromatic carbocycles. The number of nitrogens with zero attached hydrogens (tertiary/aromatic N) is 2. The summed E-state index contributed by atoms with van der Waals surface area (Å²) in [5, 5.41) is 7.32. The predicted octanol–water partition coefficient (Wildman–Crippen LogP) is 2.79. The third-order valence-electron chi connectivity index (χ3n) is 3.33. The van der Waals surface area contributed by atoms with Crippen LogP contribution in [0.2, 0.25) is 5.02 Å². The molecule has 1 amide bonds. The summed E-state index contributed by atoms with van der Waals surface area (Å²) in [4.78, 5) is 12.6. The van der Waals surface area contributed by atoms with Crippen molar-refractivity contribution in [3.63, 3.8) is 0 Å². The molecule has 1 atom stereocenters. The molecule has 1 N–H and O–H groups in total. The van der Waals surface area contributed by atoms with Crippen molar-refractivity contribution >= 4 is 29.0 Å². The molecule has 2 aromatic rings. The Labute approximate surface area is 132 Å². The second-order valence-electron chi connectivity index (χ2n) is 4.82. The number of halogens is 1. The summed E-state index contributed by atoms with van der Waals surface area (Å²) in [5.74, 6) is -0.201. The van der Waals surface area contributed by atoms with Gasteiger partial charge in [-0.15, -0.1) is 5.10 Å². The van der Waals surface area contributed by atoms with Crippen LogP contribution in [0.1, 0.15) is 27.9 Å². The van der Waals surface area contributed by atoms with Gasteiger partial charge >= 0.3 is 0 Å². The molecule has 0 aliphatic carbocycles. The summed E-state index contributed by atoms with van der Waals surface area (Å²) < 4.78 is 9.33. The molecular weight excluding hydrogens is 310 g/mol. The van der Waals surface area contributed by atoms with Gasteiger partial charge < -0.3 is 10.1 Å². The monoisotopic (exact) mass is 325 g/mol. The lowest BCUT2D eigenvalue weighted by molar-refractivity contribution is 0.00318. The molecule has 5 nitrogen and oxygen atoms in total. The molecule has 0 spiro atoms. The topological polar surface area (TPSA) is 64.1 Å². The fourth-order valence-corrected chi connectivity index (χ4v) is 2.64. The van der Waals surface area contributed by atoms with E-state index in [0.717, 1.165) is 17.1 Å². The first-order valence-corrected chi connectivity index (χ1v) is 7.50. The van der Waals surface area contributed by atoms with E-state index in [2.05, 4.69) is 14.9 Å². The number of hydrogen-bond donors (Lipinski definition) is 1. The normalized spacial score (nSPS) is 13.7. The average molecular weight is 326 g/mol. The fourth-order valence-electron chi connectivity index (χ4n) is 1.88. The number of aryl methyl sites for hydroxylation is 1. The van der Waals surface area contributed by atoms with E-state index in [-0.39, 0.29) is 5.91 Å². The SMILES string of the molecule is CO[C@@](C)(CNC(=O)c1snnc1C)c1cccc(Cl)c1. The Kier molecular flexibility index (Phi) is 4.92. The van der Waals surface area contributed by atoms with Gasteiger partial charge in [-0.25, -0.2) is 0 Å². The van der Waals surface area contributed by atoms with Gasteiger partial charge in [-0.2, -0.15) is 0 Å². The third kappa shape index (κ3) is 3.58. The number of nitrogens with one attached hydrogen (secondary N) is 1. The molecule has 0 aliphatic rings. The number of amides is 1. The van der Waals surface area contributed by atoms with E-state index < -0.39 is 5.60 Å². The maximum atomic E-state index is 12.1. The Morgan fingerprint density at radius 2 is 2.29 bits per heavy atom. The van der Waals surface area contributed by atoms with Crippen LogP contribution in [-0.2, 0) is 10.3 Å². The lowest BCUT2D eigenvalue weighted by atomic mass is 9.95. The van der Waals surface area contributed by atoms with Crippen LogP contribution in [0, 0.1) is 6.92 Å². The number of benzene rings is 1. The highest BCUT2D eigenvalue weighted by Crippen LogP contribution is 2.26. The smallest absolute Gasteiger partial charge is 0.265 e. The second kappa shape index (κ2) is 6.51. The number of carbonyl (C=O) groups is 1. The number of rotatable bonds is 5. The first-order valence-electron chi connectivity index (χ1n) is 6.34. The van der Waals surface area contributed by atoms with Gasteiger partial charge in [-0.05, 0) is 43.1 Å². The fraction of sp³-hybridized carbons (Fsp3) is 0.357. The molecule has 0 saturated heterocycles. The molecule has 0 unspecified atom stereocenters. The number of methoxy groups -OCH3 is 1. The molecule has 1 aromatic heterocycles. The second-order valence-corrected chi connectivity index (χ2v) is 6.01. The van der Waals surface area contributed by atoms with Gasteiger partial charge in [0, 0.05) is 12.1 Å². The van der Waals surface area contributed by atoms with E-state index in [9.17, 15) is 4.79 Å². The largest absolute Gasteiger partial charge is 0.372 e. The number of ether oxygens (including phenoxy) is 1. The van der Waals surface area contributed by atoms with Gasteiger partial charge in [0.2, 0.25) is 0 Å². The predicted molar refractivity (Wildman–Crippen MR) is 82.8 cm³/mol. The third-order valence-corrected chi connectivity index (χ3v) is 4.39. The van der Waals surface area contributed by atoms with Crippen LogP contribution in [0.4, 0.5) is 0 Å². The molecule has 0 saturated carbocycles. The Bertz CT molecular complexity index is 647. The van der Waals surface area contributed by atoms with Crippen LogP contribution in [0.3, 0.4) is 0 Å². The molecule has 112 valence electrons. The van der Waals surface area contributed by atoms with Crippen molar-refractivity contribution in [2.24, 2.45) is 0 Å².